The Labute approximate surface area is 102 Å². The molecule has 1 aliphatic rings. The number of carbonyl (C=O) groups excluding carboxylic acids is 1. The van der Waals surface area contributed by atoms with Crippen LogP contribution in [0.2, 0.25) is 0 Å². The lowest BCUT2D eigenvalue weighted by Gasteiger charge is -2.20. The van der Waals surface area contributed by atoms with Crippen molar-refractivity contribution in [3.05, 3.63) is 35.4 Å². The molecule has 0 unspecified atom stereocenters. The minimum absolute atomic E-state index is 0.137. The first-order chi connectivity index (χ1) is 8.26. The summed E-state index contributed by atoms with van der Waals surface area (Å²) in [5.41, 5.74) is 1.44. The summed E-state index contributed by atoms with van der Waals surface area (Å²) in [5, 5.41) is 8.97. The second-order valence-corrected chi connectivity index (χ2v) is 4.36. The predicted octanol–water partition coefficient (Wildman–Crippen LogP) is 2.11. The summed E-state index contributed by atoms with van der Waals surface area (Å²) in [6, 6.07) is 9.89. The molecule has 1 aliphatic carbocycles. The Morgan fingerprint density at radius 2 is 2.18 bits per heavy atom. The number of hydrogen-bond acceptors (Lipinski definition) is 2. The van der Waals surface area contributed by atoms with Crippen LogP contribution in [0, 0.1) is 11.3 Å². The van der Waals surface area contributed by atoms with E-state index in [0.29, 0.717) is 18.0 Å². The molecule has 0 aromatic heterocycles. The Morgan fingerprint density at radius 1 is 1.47 bits per heavy atom. The van der Waals surface area contributed by atoms with E-state index < -0.39 is 0 Å². The molecule has 1 aromatic rings. The molecule has 0 saturated heterocycles. The van der Waals surface area contributed by atoms with Crippen molar-refractivity contribution in [2.24, 2.45) is 0 Å². The van der Waals surface area contributed by atoms with Gasteiger partial charge >= 0.3 is 0 Å². The van der Waals surface area contributed by atoms with Crippen LogP contribution in [0.3, 0.4) is 0 Å². The average molecular weight is 228 g/mol. The Morgan fingerprint density at radius 3 is 2.76 bits per heavy atom. The molecule has 17 heavy (non-hydrogen) atoms. The minimum atomic E-state index is 0.137. The van der Waals surface area contributed by atoms with E-state index in [-0.39, 0.29) is 5.91 Å². The Bertz CT molecular complexity index is 458. The van der Waals surface area contributed by atoms with Gasteiger partial charge in [0.2, 0.25) is 5.91 Å². The van der Waals surface area contributed by atoms with Gasteiger partial charge in [0.15, 0.2) is 0 Å². The third-order valence-electron chi connectivity index (χ3n) is 3.13. The molecule has 0 N–H and O–H groups in total. The van der Waals surface area contributed by atoms with E-state index in [0.717, 1.165) is 24.9 Å². The number of likely N-dealkylation sites (N-methyl/N-ethyl adjacent to an activating group) is 1. The first-order valence-corrected chi connectivity index (χ1v) is 6.03. The Balaban J connectivity index is 2.09. The summed E-state index contributed by atoms with van der Waals surface area (Å²) in [5.74, 6) is 0.137. The van der Waals surface area contributed by atoms with Gasteiger partial charge in [-0.3, -0.25) is 4.79 Å². The van der Waals surface area contributed by atoms with Crippen molar-refractivity contribution in [2.45, 2.75) is 32.2 Å². The van der Waals surface area contributed by atoms with Crippen molar-refractivity contribution in [1.29, 1.82) is 5.26 Å². The molecule has 3 heteroatoms. The smallest absolute Gasteiger partial charge is 0.227 e. The highest BCUT2D eigenvalue weighted by molar-refractivity contribution is 5.80. The van der Waals surface area contributed by atoms with Gasteiger partial charge in [0.25, 0.3) is 0 Å². The largest absolute Gasteiger partial charge is 0.340 e. The zero-order chi connectivity index (χ0) is 12.3. The van der Waals surface area contributed by atoms with Crippen molar-refractivity contribution in [3.63, 3.8) is 0 Å². The highest BCUT2D eigenvalue weighted by Crippen LogP contribution is 2.27. The maximum Gasteiger partial charge on any atom is 0.227 e. The van der Waals surface area contributed by atoms with E-state index >= 15 is 0 Å². The van der Waals surface area contributed by atoms with Crippen LogP contribution in [0.25, 0.3) is 0 Å². The fourth-order valence-corrected chi connectivity index (χ4v) is 2.07. The van der Waals surface area contributed by atoms with Gasteiger partial charge in [-0.25, -0.2) is 0 Å². The number of nitriles is 1. The van der Waals surface area contributed by atoms with Gasteiger partial charge in [0.05, 0.1) is 18.1 Å². The van der Waals surface area contributed by atoms with E-state index in [2.05, 4.69) is 6.07 Å². The van der Waals surface area contributed by atoms with Crippen LogP contribution in [0.1, 0.15) is 30.9 Å². The number of rotatable bonds is 4. The number of carbonyl (C=O) groups is 1. The number of amides is 1. The first kappa shape index (κ1) is 11.7. The topological polar surface area (TPSA) is 44.1 Å². The molecular weight excluding hydrogens is 212 g/mol. The Hall–Kier alpha value is -1.82. The minimum Gasteiger partial charge on any atom is -0.340 e. The lowest BCUT2D eigenvalue weighted by Crippen LogP contribution is -2.34. The zero-order valence-electron chi connectivity index (χ0n) is 10.0. The van der Waals surface area contributed by atoms with Crippen molar-refractivity contribution < 1.29 is 4.79 Å². The van der Waals surface area contributed by atoms with Crippen molar-refractivity contribution in [1.82, 2.24) is 4.90 Å². The number of benzene rings is 1. The van der Waals surface area contributed by atoms with Crippen LogP contribution in [0.4, 0.5) is 0 Å². The molecule has 1 amide bonds. The van der Waals surface area contributed by atoms with Gasteiger partial charge in [-0.1, -0.05) is 18.2 Å². The first-order valence-electron chi connectivity index (χ1n) is 6.03. The fourth-order valence-electron chi connectivity index (χ4n) is 2.07. The third kappa shape index (κ3) is 2.65. The zero-order valence-corrected chi connectivity index (χ0v) is 10.0. The lowest BCUT2D eigenvalue weighted by atomic mass is 10.0. The van der Waals surface area contributed by atoms with Crippen LogP contribution < -0.4 is 0 Å². The lowest BCUT2D eigenvalue weighted by molar-refractivity contribution is -0.130. The average Bonchev–Trinajstić information content (AvgIpc) is 3.15. The molecule has 2 rings (SSSR count). The standard InChI is InChI=1S/C14H16N2O/c1-2-16(13-7-8-13)14(17)9-11-5-3-4-6-12(11)10-15/h3-6,13H,2,7-9H2,1H3. The van der Waals surface area contributed by atoms with E-state index in [4.69, 9.17) is 5.26 Å². The molecule has 1 fully saturated rings. The molecule has 0 aliphatic heterocycles. The summed E-state index contributed by atoms with van der Waals surface area (Å²) < 4.78 is 0. The molecule has 0 atom stereocenters. The van der Waals surface area contributed by atoms with Crippen LogP contribution in [0.5, 0.6) is 0 Å². The second-order valence-electron chi connectivity index (χ2n) is 4.36. The van der Waals surface area contributed by atoms with Crippen molar-refractivity contribution in [3.8, 4) is 6.07 Å². The highest BCUT2D eigenvalue weighted by Gasteiger charge is 2.31. The molecule has 0 heterocycles. The van der Waals surface area contributed by atoms with Gasteiger partial charge in [-0.2, -0.15) is 5.26 Å². The second kappa shape index (κ2) is 5.01. The predicted molar refractivity (Wildman–Crippen MR) is 65.3 cm³/mol. The van der Waals surface area contributed by atoms with Crippen molar-refractivity contribution >= 4 is 5.91 Å². The van der Waals surface area contributed by atoms with Gasteiger partial charge in [0, 0.05) is 12.6 Å². The summed E-state index contributed by atoms with van der Waals surface area (Å²) in [7, 11) is 0. The quantitative estimate of drug-likeness (QED) is 0.792. The van der Waals surface area contributed by atoms with Gasteiger partial charge < -0.3 is 4.90 Å². The maximum atomic E-state index is 12.1. The fraction of sp³-hybridized carbons (Fsp3) is 0.429. The Kier molecular flexibility index (Phi) is 3.43. The van der Waals surface area contributed by atoms with Crippen LogP contribution in [-0.2, 0) is 11.2 Å². The molecule has 88 valence electrons. The summed E-state index contributed by atoms with van der Waals surface area (Å²) in [6.07, 6.45) is 2.59. The van der Waals surface area contributed by atoms with E-state index in [9.17, 15) is 4.79 Å². The van der Waals surface area contributed by atoms with E-state index in [1.54, 1.807) is 6.07 Å². The molecule has 0 radical (unpaired) electrons. The molecule has 1 saturated carbocycles. The maximum absolute atomic E-state index is 12.1. The summed E-state index contributed by atoms with van der Waals surface area (Å²) in [6.45, 7) is 2.77. The van der Waals surface area contributed by atoms with Gasteiger partial charge in [-0.15, -0.1) is 0 Å². The van der Waals surface area contributed by atoms with E-state index in [1.807, 2.05) is 30.0 Å². The molecule has 0 bridgehead atoms. The normalized spacial score (nSPS) is 14.1. The number of nitrogens with zero attached hydrogens (tertiary/aromatic N) is 2. The molecule has 1 aromatic carbocycles. The van der Waals surface area contributed by atoms with Crippen LogP contribution in [-0.4, -0.2) is 23.4 Å². The number of hydrogen-bond donors (Lipinski definition) is 0. The SMILES string of the molecule is CCN(C(=O)Cc1ccccc1C#N)C1CC1. The van der Waals surface area contributed by atoms with Gasteiger partial charge in [-0.05, 0) is 31.4 Å². The molecule has 0 spiro atoms. The summed E-state index contributed by atoms with van der Waals surface area (Å²) in [4.78, 5) is 14.0. The highest BCUT2D eigenvalue weighted by atomic mass is 16.2. The van der Waals surface area contributed by atoms with Crippen molar-refractivity contribution in [2.75, 3.05) is 6.54 Å². The van der Waals surface area contributed by atoms with Gasteiger partial charge in [0.1, 0.15) is 0 Å². The van der Waals surface area contributed by atoms with Crippen LogP contribution in [0.15, 0.2) is 24.3 Å². The van der Waals surface area contributed by atoms with Crippen LogP contribution >= 0.6 is 0 Å². The molecule has 3 nitrogen and oxygen atoms in total. The third-order valence-corrected chi connectivity index (χ3v) is 3.13. The molecular formula is C14H16N2O. The monoisotopic (exact) mass is 228 g/mol. The van der Waals surface area contributed by atoms with E-state index in [1.165, 1.54) is 0 Å². The summed E-state index contributed by atoms with van der Waals surface area (Å²) >= 11 is 0.